The maximum Gasteiger partial charge on any atom is 0.255 e. The Morgan fingerprint density at radius 2 is 2.08 bits per heavy atom. The topological polar surface area (TPSA) is 45.5 Å². The molecule has 1 aromatic carbocycles. The number of aryl methyl sites for hydroxylation is 1. The van der Waals surface area contributed by atoms with Crippen LogP contribution in [0.25, 0.3) is 5.69 Å². The number of rotatable bonds is 3. The van der Waals surface area contributed by atoms with Crippen molar-refractivity contribution in [2.45, 2.75) is 26.7 Å². The van der Waals surface area contributed by atoms with Crippen molar-refractivity contribution in [2.75, 3.05) is 19.7 Å². The van der Waals surface area contributed by atoms with Gasteiger partial charge < -0.3 is 14.6 Å². The van der Waals surface area contributed by atoms with Crippen LogP contribution < -0.4 is 0 Å². The van der Waals surface area contributed by atoms with Gasteiger partial charge in [0.1, 0.15) is 5.82 Å². The van der Waals surface area contributed by atoms with Gasteiger partial charge in [0.05, 0.1) is 11.3 Å². The largest absolute Gasteiger partial charge is 0.396 e. The highest BCUT2D eigenvalue weighted by molar-refractivity contribution is 5.96. The summed E-state index contributed by atoms with van der Waals surface area (Å²) >= 11 is 0. The van der Waals surface area contributed by atoms with Gasteiger partial charge in [0.25, 0.3) is 5.91 Å². The first-order valence-corrected chi connectivity index (χ1v) is 8.37. The number of aromatic nitrogens is 1. The van der Waals surface area contributed by atoms with Crippen LogP contribution in [0, 0.1) is 25.6 Å². The van der Waals surface area contributed by atoms with Crippen molar-refractivity contribution < 1.29 is 14.3 Å². The van der Waals surface area contributed by atoms with E-state index in [1.165, 1.54) is 6.07 Å². The van der Waals surface area contributed by atoms with Crippen LogP contribution in [0.5, 0.6) is 0 Å². The standard InChI is InChI=1S/C19H23FN2O2/c1-13-10-16(19(24)21-9-5-6-15(11-21)12-23)14(2)22(13)18-8-4-3-7-17(18)20/h3-4,7-8,10,15,23H,5-6,9,11-12H2,1-2H3. The number of hydrogen-bond acceptors (Lipinski definition) is 2. The predicted octanol–water partition coefficient (Wildman–Crippen LogP) is 3.08. The minimum atomic E-state index is -0.309. The fraction of sp³-hybridized carbons (Fsp3) is 0.421. The van der Waals surface area contributed by atoms with Crippen LogP contribution in [0.3, 0.4) is 0 Å². The summed E-state index contributed by atoms with van der Waals surface area (Å²) in [6.45, 7) is 5.12. The molecule has 3 rings (SSSR count). The summed E-state index contributed by atoms with van der Waals surface area (Å²) in [4.78, 5) is 14.7. The van der Waals surface area contributed by atoms with Crippen LogP contribution in [0.15, 0.2) is 30.3 Å². The second-order valence-electron chi connectivity index (χ2n) is 6.51. The quantitative estimate of drug-likeness (QED) is 0.940. The number of aliphatic hydroxyl groups excluding tert-OH is 1. The van der Waals surface area contributed by atoms with Gasteiger partial charge in [-0.1, -0.05) is 12.1 Å². The Hall–Kier alpha value is -2.14. The molecule has 1 aliphatic heterocycles. The maximum absolute atomic E-state index is 14.2. The fourth-order valence-corrected chi connectivity index (χ4v) is 3.55. The zero-order valence-electron chi connectivity index (χ0n) is 14.1. The van der Waals surface area contributed by atoms with Crippen molar-refractivity contribution in [3.63, 3.8) is 0 Å². The lowest BCUT2D eigenvalue weighted by Crippen LogP contribution is -2.41. The number of piperidine rings is 1. The molecule has 0 spiro atoms. The summed E-state index contributed by atoms with van der Waals surface area (Å²) in [5.74, 6) is -0.196. The third-order valence-corrected chi connectivity index (χ3v) is 4.82. The Morgan fingerprint density at radius 3 is 2.79 bits per heavy atom. The second-order valence-corrected chi connectivity index (χ2v) is 6.51. The Labute approximate surface area is 141 Å². The molecule has 2 aromatic rings. The van der Waals surface area contributed by atoms with Gasteiger partial charge in [-0.05, 0) is 50.8 Å². The molecular formula is C19H23FN2O2. The molecule has 0 aliphatic carbocycles. The van der Waals surface area contributed by atoms with E-state index in [1.54, 1.807) is 27.7 Å². The lowest BCUT2D eigenvalue weighted by atomic mass is 9.98. The highest BCUT2D eigenvalue weighted by Gasteiger charge is 2.27. The van der Waals surface area contributed by atoms with Crippen LogP contribution >= 0.6 is 0 Å². The fourth-order valence-electron chi connectivity index (χ4n) is 3.55. The van der Waals surface area contributed by atoms with Gasteiger partial charge in [-0.15, -0.1) is 0 Å². The summed E-state index contributed by atoms with van der Waals surface area (Å²) in [5.41, 5.74) is 2.64. The molecule has 1 unspecified atom stereocenters. The average Bonchev–Trinajstić information content (AvgIpc) is 2.89. The smallest absolute Gasteiger partial charge is 0.255 e. The molecule has 1 aromatic heterocycles. The zero-order chi connectivity index (χ0) is 17.3. The summed E-state index contributed by atoms with van der Waals surface area (Å²) in [5, 5.41) is 9.36. The van der Waals surface area contributed by atoms with Crippen LogP contribution in [0.4, 0.5) is 4.39 Å². The zero-order valence-corrected chi connectivity index (χ0v) is 14.1. The number of aliphatic hydroxyl groups is 1. The van der Waals surface area contributed by atoms with Crippen molar-refractivity contribution in [3.05, 3.63) is 53.1 Å². The first-order chi connectivity index (χ1) is 11.5. The number of amides is 1. The Morgan fingerprint density at radius 1 is 1.33 bits per heavy atom. The van der Waals surface area contributed by atoms with Gasteiger partial charge >= 0.3 is 0 Å². The lowest BCUT2D eigenvalue weighted by Gasteiger charge is -2.31. The number of hydrogen-bond donors (Lipinski definition) is 1. The Kier molecular flexibility index (Phi) is 4.71. The van der Waals surface area contributed by atoms with Crippen LogP contribution in [-0.2, 0) is 0 Å². The van der Waals surface area contributed by atoms with Crippen LogP contribution in [0.1, 0.15) is 34.6 Å². The number of benzene rings is 1. The molecule has 5 heteroatoms. The SMILES string of the molecule is Cc1cc(C(=O)N2CCCC(CO)C2)c(C)n1-c1ccccc1F. The van der Waals surface area contributed by atoms with E-state index in [-0.39, 0.29) is 24.2 Å². The molecule has 0 radical (unpaired) electrons. The molecule has 1 fully saturated rings. The Balaban J connectivity index is 1.94. The van der Waals surface area contributed by atoms with E-state index in [4.69, 9.17) is 0 Å². The summed E-state index contributed by atoms with van der Waals surface area (Å²) < 4.78 is 15.9. The van der Waals surface area contributed by atoms with E-state index in [0.717, 1.165) is 24.2 Å². The monoisotopic (exact) mass is 330 g/mol. The molecule has 1 amide bonds. The van der Waals surface area contributed by atoms with Crippen molar-refractivity contribution in [1.82, 2.24) is 9.47 Å². The van der Waals surface area contributed by atoms with Crippen molar-refractivity contribution >= 4 is 5.91 Å². The molecule has 24 heavy (non-hydrogen) atoms. The highest BCUT2D eigenvalue weighted by Crippen LogP contribution is 2.25. The number of para-hydroxylation sites is 1. The third-order valence-electron chi connectivity index (χ3n) is 4.82. The van der Waals surface area contributed by atoms with E-state index in [0.29, 0.717) is 24.3 Å². The molecule has 2 heterocycles. The van der Waals surface area contributed by atoms with Gasteiger partial charge in [-0.3, -0.25) is 4.79 Å². The van der Waals surface area contributed by atoms with Crippen LogP contribution in [-0.4, -0.2) is 40.2 Å². The van der Waals surface area contributed by atoms with Gasteiger partial charge in [-0.25, -0.2) is 4.39 Å². The maximum atomic E-state index is 14.2. The van der Waals surface area contributed by atoms with E-state index in [1.807, 2.05) is 19.9 Å². The molecular weight excluding hydrogens is 307 g/mol. The highest BCUT2D eigenvalue weighted by atomic mass is 19.1. The minimum absolute atomic E-state index is 0.0381. The van der Waals surface area contributed by atoms with Gasteiger partial charge in [0, 0.05) is 31.1 Å². The van der Waals surface area contributed by atoms with Crippen molar-refractivity contribution in [2.24, 2.45) is 5.92 Å². The van der Waals surface area contributed by atoms with E-state index in [2.05, 4.69) is 0 Å². The molecule has 4 nitrogen and oxygen atoms in total. The number of nitrogens with zero attached hydrogens (tertiary/aromatic N) is 2. The lowest BCUT2D eigenvalue weighted by molar-refractivity contribution is 0.0620. The molecule has 1 N–H and O–H groups in total. The minimum Gasteiger partial charge on any atom is -0.396 e. The summed E-state index contributed by atoms with van der Waals surface area (Å²) in [7, 11) is 0. The third kappa shape index (κ3) is 2.96. The normalized spacial score (nSPS) is 18.0. The second kappa shape index (κ2) is 6.77. The molecule has 128 valence electrons. The van der Waals surface area contributed by atoms with Crippen LogP contribution in [0.2, 0.25) is 0 Å². The number of likely N-dealkylation sites (tertiary alicyclic amines) is 1. The van der Waals surface area contributed by atoms with E-state index in [9.17, 15) is 14.3 Å². The van der Waals surface area contributed by atoms with E-state index >= 15 is 0 Å². The Bertz CT molecular complexity index is 754. The number of halogens is 1. The van der Waals surface area contributed by atoms with Crippen molar-refractivity contribution in [1.29, 1.82) is 0 Å². The molecule has 1 atom stereocenters. The van der Waals surface area contributed by atoms with Gasteiger partial charge in [-0.2, -0.15) is 0 Å². The van der Waals surface area contributed by atoms with Gasteiger partial charge in [0.15, 0.2) is 0 Å². The predicted molar refractivity (Wildman–Crippen MR) is 90.9 cm³/mol. The first-order valence-electron chi connectivity index (χ1n) is 8.37. The average molecular weight is 330 g/mol. The first kappa shape index (κ1) is 16.7. The van der Waals surface area contributed by atoms with Gasteiger partial charge in [0.2, 0.25) is 0 Å². The molecule has 0 saturated carbocycles. The number of carbonyl (C=O) groups is 1. The van der Waals surface area contributed by atoms with Crippen molar-refractivity contribution in [3.8, 4) is 5.69 Å². The molecule has 1 aliphatic rings. The summed E-state index contributed by atoms with van der Waals surface area (Å²) in [6.07, 6.45) is 1.86. The molecule has 1 saturated heterocycles. The number of carbonyl (C=O) groups excluding carboxylic acids is 1. The molecule has 0 bridgehead atoms. The summed E-state index contributed by atoms with van der Waals surface area (Å²) in [6, 6.07) is 8.40. The van der Waals surface area contributed by atoms with E-state index < -0.39 is 0 Å².